The van der Waals surface area contributed by atoms with Gasteiger partial charge in [-0.2, -0.15) is 0 Å². The molecule has 0 atom stereocenters. The maximum absolute atomic E-state index is 11.2. The van der Waals surface area contributed by atoms with Crippen molar-refractivity contribution in [3.8, 4) is 0 Å². The number of rotatable bonds is 4. The number of alkyl halides is 1. The van der Waals surface area contributed by atoms with Gasteiger partial charge in [-0.1, -0.05) is 22.0 Å². The predicted octanol–water partition coefficient (Wildman–Crippen LogP) is 2.50. The Morgan fingerprint density at radius 1 is 1.50 bits per heavy atom. The summed E-state index contributed by atoms with van der Waals surface area (Å²) in [6, 6.07) is 7.26. The lowest BCUT2D eigenvalue weighted by atomic mass is 10.3. The molecule has 0 saturated carbocycles. The van der Waals surface area contributed by atoms with E-state index in [4.69, 9.17) is 0 Å². The fraction of sp³-hybridized carbons (Fsp3) is 0.250. The first-order valence-electron chi connectivity index (χ1n) is 3.78. The van der Waals surface area contributed by atoms with Crippen molar-refractivity contribution in [2.24, 2.45) is 0 Å². The van der Waals surface area contributed by atoms with E-state index in [2.05, 4.69) is 20.7 Å². The van der Waals surface area contributed by atoms with E-state index in [1.54, 1.807) is 23.9 Å². The summed E-state index contributed by atoms with van der Waals surface area (Å²) in [5.41, 5.74) is 0.594. The van der Waals surface area contributed by atoms with E-state index in [0.29, 0.717) is 5.69 Å². The third-order valence-electron chi connectivity index (χ3n) is 1.49. The van der Waals surface area contributed by atoms with Crippen LogP contribution in [0.25, 0.3) is 0 Å². The van der Waals surface area contributed by atoms with E-state index in [-0.39, 0.29) is 4.66 Å². The highest BCUT2D eigenvalue weighted by Gasteiger charge is 2.07. The van der Waals surface area contributed by atoms with E-state index in [1.807, 2.05) is 18.4 Å². The number of thioether (sulfide) groups is 1. The molecule has 0 aliphatic heterocycles. The minimum absolute atomic E-state index is 0.0938. The van der Waals surface area contributed by atoms with E-state index in [0.717, 1.165) is 4.90 Å². The monoisotopic (exact) mass is 295 g/mol. The molecule has 3 nitrogen and oxygen atoms in total. The van der Waals surface area contributed by atoms with Gasteiger partial charge in [0.05, 0.1) is 0 Å². The molecule has 1 aromatic rings. The lowest BCUT2D eigenvalue weighted by Crippen LogP contribution is -2.12. The third kappa shape index (κ3) is 3.51. The van der Waals surface area contributed by atoms with Gasteiger partial charge in [0.15, 0.2) is 0 Å². The molecule has 0 saturated heterocycles. The van der Waals surface area contributed by atoms with Gasteiger partial charge in [-0.3, -0.25) is 4.72 Å². The highest BCUT2D eigenvalue weighted by molar-refractivity contribution is 9.10. The number of anilines is 1. The molecule has 1 rings (SSSR count). The number of nitrogens with one attached hydrogen (secondary N) is 1. The van der Waals surface area contributed by atoms with Crippen molar-refractivity contribution in [3.63, 3.8) is 0 Å². The number of sulfonamides is 1. The minimum Gasteiger partial charge on any atom is -0.283 e. The van der Waals surface area contributed by atoms with Gasteiger partial charge < -0.3 is 0 Å². The molecule has 0 amide bonds. The van der Waals surface area contributed by atoms with Gasteiger partial charge in [0.1, 0.15) is 4.66 Å². The van der Waals surface area contributed by atoms with E-state index in [9.17, 15) is 8.42 Å². The molecular formula is C8H10BrNO2S2. The van der Waals surface area contributed by atoms with Crippen molar-refractivity contribution in [3.05, 3.63) is 24.3 Å². The minimum atomic E-state index is -3.24. The Balaban J connectivity index is 2.87. The second kappa shape index (κ2) is 5.04. The van der Waals surface area contributed by atoms with Crippen molar-refractivity contribution in [2.45, 2.75) is 4.90 Å². The summed E-state index contributed by atoms with van der Waals surface area (Å²) in [7, 11) is -3.24. The zero-order valence-corrected chi connectivity index (χ0v) is 10.7. The molecule has 0 spiro atoms. The van der Waals surface area contributed by atoms with Crippen molar-refractivity contribution in [1.29, 1.82) is 0 Å². The van der Waals surface area contributed by atoms with Gasteiger partial charge >= 0.3 is 0 Å². The molecule has 0 bridgehead atoms. The van der Waals surface area contributed by atoms with Crippen LogP contribution < -0.4 is 4.72 Å². The SMILES string of the molecule is CSc1cccc(NS(=O)(=O)CBr)c1. The summed E-state index contributed by atoms with van der Waals surface area (Å²) < 4.78 is 24.8. The fourth-order valence-electron chi connectivity index (χ4n) is 0.893. The number of halogens is 1. The van der Waals surface area contributed by atoms with Gasteiger partial charge in [0.2, 0.25) is 10.0 Å². The van der Waals surface area contributed by atoms with Gasteiger partial charge in [0.25, 0.3) is 0 Å². The normalized spacial score (nSPS) is 11.3. The van der Waals surface area contributed by atoms with Gasteiger partial charge in [-0.05, 0) is 24.5 Å². The van der Waals surface area contributed by atoms with Crippen LogP contribution in [0.5, 0.6) is 0 Å². The molecule has 0 aromatic heterocycles. The summed E-state index contributed by atoms with van der Waals surface area (Å²) in [5, 5.41) is 0. The van der Waals surface area contributed by atoms with Crippen LogP contribution in [0.15, 0.2) is 29.2 Å². The smallest absolute Gasteiger partial charge is 0.242 e. The third-order valence-corrected chi connectivity index (χ3v) is 4.85. The first-order valence-corrected chi connectivity index (χ1v) is 7.78. The fourth-order valence-corrected chi connectivity index (χ4v) is 2.24. The number of hydrogen-bond donors (Lipinski definition) is 1. The molecule has 1 aromatic carbocycles. The van der Waals surface area contributed by atoms with Crippen LogP contribution in [-0.4, -0.2) is 19.3 Å². The van der Waals surface area contributed by atoms with Crippen LogP contribution in [0, 0.1) is 0 Å². The second-order valence-electron chi connectivity index (χ2n) is 2.56. The van der Waals surface area contributed by atoms with E-state index in [1.165, 1.54) is 0 Å². The summed E-state index contributed by atoms with van der Waals surface area (Å²) in [6.07, 6.45) is 1.94. The second-order valence-corrected chi connectivity index (χ2v) is 6.46. The average molecular weight is 296 g/mol. The van der Waals surface area contributed by atoms with Crippen molar-refractivity contribution in [2.75, 3.05) is 15.6 Å². The highest BCUT2D eigenvalue weighted by atomic mass is 79.9. The Kier molecular flexibility index (Phi) is 4.28. The molecular weight excluding hydrogens is 286 g/mol. The lowest BCUT2D eigenvalue weighted by molar-refractivity contribution is 0.606. The Morgan fingerprint density at radius 2 is 2.21 bits per heavy atom. The molecule has 14 heavy (non-hydrogen) atoms. The standard InChI is InChI=1S/C8H10BrNO2S2/c1-13-8-4-2-3-7(5-8)10-14(11,12)6-9/h2-5,10H,6H2,1H3. The van der Waals surface area contributed by atoms with Crippen LogP contribution in [-0.2, 0) is 10.0 Å². The Hall–Kier alpha value is -0.200. The maximum Gasteiger partial charge on any atom is 0.242 e. The summed E-state index contributed by atoms with van der Waals surface area (Å²) in [5.74, 6) is 0. The summed E-state index contributed by atoms with van der Waals surface area (Å²) in [4.78, 5) is 1.03. The first-order chi connectivity index (χ1) is 6.57. The quantitative estimate of drug-likeness (QED) is 0.686. The van der Waals surface area contributed by atoms with Crippen LogP contribution in [0.2, 0.25) is 0 Å². The first kappa shape index (κ1) is 11.9. The van der Waals surface area contributed by atoms with E-state index >= 15 is 0 Å². The molecule has 0 unspecified atom stereocenters. The van der Waals surface area contributed by atoms with Gasteiger partial charge in [0, 0.05) is 10.6 Å². The molecule has 6 heteroatoms. The van der Waals surface area contributed by atoms with Crippen LogP contribution in [0.4, 0.5) is 5.69 Å². The van der Waals surface area contributed by atoms with Crippen LogP contribution in [0.1, 0.15) is 0 Å². The molecule has 0 aliphatic carbocycles. The molecule has 0 heterocycles. The molecule has 0 aliphatic rings. The largest absolute Gasteiger partial charge is 0.283 e. The van der Waals surface area contributed by atoms with E-state index < -0.39 is 10.0 Å². The molecule has 1 N–H and O–H groups in total. The predicted molar refractivity (Wildman–Crippen MR) is 64.6 cm³/mol. The van der Waals surface area contributed by atoms with Crippen LogP contribution in [0.3, 0.4) is 0 Å². The zero-order valence-electron chi connectivity index (χ0n) is 7.53. The Labute approximate surface area is 96.5 Å². The molecule has 0 fully saturated rings. The Morgan fingerprint density at radius 3 is 2.79 bits per heavy atom. The van der Waals surface area contributed by atoms with Crippen LogP contribution >= 0.6 is 27.7 Å². The lowest BCUT2D eigenvalue weighted by Gasteiger charge is -2.05. The highest BCUT2D eigenvalue weighted by Crippen LogP contribution is 2.19. The number of hydrogen-bond acceptors (Lipinski definition) is 3. The van der Waals surface area contributed by atoms with Crippen molar-refractivity contribution < 1.29 is 8.42 Å². The maximum atomic E-state index is 11.2. The molecule has 78 valence electrons. The average Bonchev–Trinajstić information content (AvgIpc) is 2.17. The number of benzene rings is 1. The topological polar surface area (TPSA) is 46.2 Å². The molecule has 0 radical (unpaired) electrons. The zero-order chi connectivity index (χ0) is 10.6. The van der Waals surface area contributed by atoms with Gasteiger partial charge in [-0.15, -0.1) is 11.8 Å². The Bertz CT molecular complexity index is 406. The van der Waals surface area contributed by atoms with Crippen molar-refractivity contribution >= 4 is 43.4 Å². The summed E-state index contributed by atoms with van der Waals surface area (Å²) >= 11 is 4.48. The van der Waals surface area contributed by atoms with Gasteiger partial charge in [-0.25, -0.2) is 8.42 Å². The van der Waals surface area contributed by atoms with Crippen molar-refractivity contribution in [1.82, 2.24) is 0 Å². The summed E-state index contributed by atoms with van der Waals surface area (Å²) in [6.45, 7) is 0.